The Morgan fingerprint density at radius 3 is 2.33 bits per heavy atom. The summed E-state index contributed by atoms with van der Waals surface area (Å²) in [7, 11) is -1.79. The molecular formula is C19H38O4Si. The van der Waals surface area contributed by atoms with Crippen molar-refractivity contribution in [1.82, 2.24) is 0 Å². The van der Waals surface area contributed by atoms with Crippen molar-refractivity contribution in [2.75, 3.05) is 13.2 Å². The van der Waals surface area contributed by atoms with Crippen LogP contribution in [-0.4, -0.2) is 38.7 Å². The number of hydrogen-bond donors (Lipinski definition) is 1. The van der Waals surface area contributed by atoms with E-state index in [0.29, 0.717) is 31.5 Å². The summed E-state index contributed by atoms with van der Waals surface area (Å²) in [6.07, 6.45) is 2.75. The lowest BCUT2D eigenvalue weighted by atomic mass is 9.84. The first-order valence-corrected chi connectivity index (χ1v) is 12.4. The molecular weight excluding hydrogens is 320 g/mol. The highest BCUT2D eigenvalue weighted by molar-refractivity contribution is 6.74. The number of carbonyl (C=O) groups is 1. The van der Waals surface area contributed by atoms with Gasteiger partial charge in [-0.25, -0.2) is 0 Å². The summed E-state index contributed by atoms with van der Waals surface area (Å²) < 4.78 is 11.5. The van der Waals surface area contributed by atoms with Crippen LogP contribution in [0.4, 0.5) is 0 Å². The molecule has 0 aromatic carbocycles. The molecule has 0 heterocycles. The summed E-state index contributed by atoms with van der Waals surface area (Å²) in [6.45, 7) is 16.4. The summed E-state index contributed by atoms with van der Waals surface area (Å²) in [5, 5.41) is 10.7. The van der Waals surface area contributed by atoms with Crippen LogP contribution in [0.2, 0.25) is 18.1 Å². The molecule has 1 unspecified atom stereocenters. The fraction of sp³-hybridized carbons (Fsp3) is 0.947. The van der Waals surface area contributed by atoms with Crippen LogP contribution in [-0.2, 0) is 14.0 Å². The van der Waals surface area contributed by atoms with Gasteiger partial charge in [-0.3, -0.25) is 4.79 Å². The molecule has 0 radical (unpaired) electrons. The highest BCUT2D eigenvalue weighted by Gasteiger charge is 2.45. The van der Waals surface area contributed by atoms with Gasteiger partial charge < -0.3 is 14.3 Å². The smallest absolute Gasteiger partial charge is 0.306 e. The molecule has 0 amide bonds. The predicted molar refractivity (Wildman–Crippen MR) is 100 cm³/mol. The number of ether oxygens (including phenoxy) is 1. The molecule has 24 heavy (non-hydrogen) atoms. The lowest BCUT2D eigenvalue weighted by molar-refractivity contribution is -0.145. The first-order chi connectivity index (χ1) is 11.0. The van der Waals surface area contributed by atoms with Crippen LogP contribution in [0.15, 0.2) is 0 Å². The Bertz CT molecular complexity index is 403. The number of aliphatic hydroxyl groups is 1. The second kappa shape index (κ2) is 8.81. The second-order valence-electron chi connectivity index (χ2n) is 8.76. The molecule has 1 saturated carbocycles. The molecule has 1 N–H and O–H groups in total. The Balaban J connectivity index is 2.75. The molecule has 1 fully saturated rings. The van der Waals surface area contributed by atoms with Crippen LogP contribution in [0.25, 0.3) is 0 Å². The van der Waals surface area contributed by atoms with E-state index in [2.05, 4.69) is 40.8 Å². The van der Waals surface area contributed by atoms with E-state index >= 15 is 0 Å². The van der Waals surface area contributed by atoms with Crippen molar-refractivity contribution < 1.29 is 19.1 Å². The van der Waals surface area contributed by atoms with Crippen molar-refractivity contribution in [2.45, 2.75) is 84.5 Å². The van der Waals surface area contributed by atoms with Gasteiger partial charge in [0.1, 0.15) is 0 Å². The summed E-state index contributed by atoms with van der Waals surface area (Å²) in [6, 6.07) is 0. The highest BCUT2D eigenvalue weighted by atomic mass is 28.4. The molecule has 4 atom stereocenters. The van der Waals surface area contributed by atoms with E-state index in [1.807, 2.05) is 6.92 Å². The van der Waals surface area contributed by atoms with Crippen molar-refractivity contribution in [3.05, 3.63) is 0 Å². The van der Waals surface area contributed by atoms with Crippen LogP contribution >= 0.6 is 0 Å². The van der Waals surface area contributed by atoms with E-state index < -0.39 is 14.4 Å². The average Bonchev–Trinajstić information content (AvgIpc) is 2.73. The van der Waals surface area contributed by atoms with Gasteiger partial charge >= 0.3 is 5.97 Å². The Labute approximate surface area is 149 Å². The van der Waals surface area contributed by atoms with Gasteiger partial charge in [0.2, 0.25) is 0 Å². The summed E-state index contributed by atoms with van der Waals surface area (Å²) >= 11 is 0. The molecule has 0 aromatic heterocycles. The Hall–Kier alpha value is -0.393. The van der Waals surface area contributed by atoms with Crippen LogP contribution in [0, 0.1) is 17.8 Å². The monoisotopic (exact) mass is 358 g/mol. The molecule has 0 spiro atoms. The maximum Gasteiger partial charge on any atom is 0.306 e. The summed E-state index contributed by atoms with van der Waals surface area (Å²) in [4.78, 5) is 11.9. The average molecular weight is 359 g/mol. The molecule has 4 nitrogen and oxygen atoms in total. The Morgan fingerprint density at radius 2 is 1.83 bits per heavy atom. The zero-order valence-corrected chi connectivity index (χ0v) is 17.7. The molecule has 1 rings (SSSR count). The number of aliphatic hydroxyl groups excluding tert-OH is 1. The van der Waals surface area contributed by atoms with Crippen molar-refractivity contribution in [1.29, 1.82) is 0 Å². The molecule has 0 saturated heterocycles. The molecule has 5 heteroatoms. The standard InChI is InChI=1S/C19H38O4Si/c1-8-10-15-14(13-23-24(6,7)19(3,4)5)11-17(20)16(15)12-18(21)22-9-2/h14-17,20H,8-13H2,1-7H3/t14-,15+,16-,17?/m0/s1. The van der Waals surface area contributed by atoms with Crippen molar-refractivity contribution in [3.8, 4) is 0 Å². The van der Waals surface area contributed by atoms with E-state index in [9.17, 15) is 9.90 Å². The number of rotatable bonds is 8. The summed E-state index contributed by atoms with van der Waals surface area (Å²) in [5.74, 6) is 0.512. The van der Waals surface area contributed by atoms with Gasteiger partial charge in [0, 0.05) is 6.61 Å². The SMILES string of the molecule is CCC[C@@H]1[C@H](CO[Si](C)(C)C(C)(C)C)CC(O)[C@H]1CC(=O)OCC. The molecule has 0 bridgehead atoms. The minimum Gasteiger partial charge on any atom is -0.466 e. The molecule has 0 aromatic rings. The van der Waals surface area contributed by atoms with Crippen molar-refractivity contribution >= 4 is 14.3 Å². The summed E-state index contributed by atoms with van der Waals surface area (Å²) in [5.41, 5.74) is 0. The minimum absolute atomic E-state index is 0.0111. The predicted octanol–water partition coefficient (Wildman–Crippen LogP) is 4.37. The molecule has 142 valence electrons. The first-order valence-electron chi connectivity index (χ1n) is 9.51. The molecule has 0 aliphatic heterocycles. The maximum atomic E-state index is 11.9. The van der Waals surface area contributed by atoms with Crippen LogP contribution in [0.3, 0.4) is 0 Å². The minimum atomic E-state index is -1.79. The fourth-order valence-corrected chi connectivity index (χ4v) is 4.56. The maximum absolute atomic E-state index is 11.9. The molecule has 1 aliphatic rings. The van der Waals surface area contributed by atoms with E-state index in [0.717, 1.165) is 19.3 Å². The fourth-order valence-electron chi connectivity index (χ4n) is 3.50. The quantitative estimate of drug-likeness (QED) is 0.517. The van der Waals surface area contributed by atoms with Gasteiger partial charge in [0.15, 0.2) is 8.32 Å². The van der Waals surface area contributed by atoms with Gasteiger partial charge in [-0.1, -0.05) is 34.1 Å². The van der Waals surface area contributed by atoms with E-state index in [-0.39, 0.29) is 16.9 Å². The van der Waals surface area contributed by atoms with Crippen molar-refractivity contribution in [2.24, 2.45) is 17.8 Å². The third-order valence-corrected chi connectivity index (χ3v) is 10.5. The van der Waals surface area contributed by atoms with Gasteiger partial charge in [-0.2, -0.15) is 0 Å². The third-order valence-electron chi connectivity index (χ3n) is 5.99. The Kier molecular flexibility index (Phi) is 7.95. The second-order valence-corrected chi connectivity index (χ2v) is 13.6. The number of carbonyl (C=O) groups excluding carboxylic acids is 1. The van der Waals surface area contributed by atoms with Crippen LogP contribution in [0.5, 0.6) is 0 Å². The lowest BCUT2D eigenvalue weighted by Gasteiger charge is -2.37. The highest BCUT2D eigenvalue weighted by Crippen LogP contribution is 2.44. The van der Waals surface area contributed by atoms with Crippen LogP contribution in [0.1, 0.15) is 60.3 Å². The molecule has 1 aliphatic carbocycles. The Morgan fingerprint density at radius 1 is 1.21 bits per heavy atom. The van der Waals surface area contributed by atoms with Crippen LogP contribution < -0.4 is 0 Å². The topological polar surface area (TPSA) is 55.8 Å². The lowest BCUT2D eigenvalue weighted by Crippen LogP contribution is -2.42. The zero-order chi connectivity index (χ0) is 18.5. The largest absolute Gasteiger partial charge is 0.466 e. The van der Waals surface area contributed by atoms with Gasteiger partial charge in [-0.05, 0) is 55.7 Å². The third kappa shape index (κ3) is 5.56. The zero-order valence-electron chi connectivity index (χ0n) is 16.7. The number of esters is 1. The van der Waals surface area contributed by atoms with Gasteiger partial charge in [0.25, 0.3) is 0 Å². The van der Waals surface area contributed by atoms with Gasteiger partial charge in [0.05, 0.1) is 19.1 Å². The van der Waals surface area contributed by atoms with Crippen molar-refractivity contribution in [3.63, 3.8) is 0 Å². The number of hydrogen-bond acceptors (Lipinski definition) is 4. The van der Waals surface area contributed by atoms with E-state index in [1.54, 1.807) is 0 Å². The van der Waals surface area contributed by atoms with Gasteiger partial charge in [-0.15, -0.1) is 0 Å². The normalized spacial score (nSPS) is 28.2. The van der Waals surface area contributed by atoms with E-state index in [1.165, 1.54) is 0 Å². The first kappa shape index (κ1) is 21.6. The van der Waals surface area contributed by atoms with E-state index in [4.69, 9.17) is 9.16 Å².